The minimum atomic E-state index is -0.156. The molecule has 0 bridgehead atoms. The molecule has 1 aromatic rings. The summed E-state index contributed by atoms with van der Waals surface area (Å²) in [6.07, 6.45) is 3.24. The highest BCUT2D eigenvalue weighted by molar-refractivity contribution is 5.98. The number of hydrogen-bond donors (Lipinski definition) is 1. The lowest BCUT2D eigenvalue weighted by Crippen LogP contribution is -2.26. The Morgan fingerprint density at radius 2 is 2.29 bits per heavy atom. The van der Waals surface area contributed by atoms with Crippen LogP contribution >= 0.6 is 0 Å². The summed E-state index contributed by atoms with van der Waals surface area (Å²) < 4.78 is 6.90. The SMILES string of the molecule is CCCn1ncc(OC)c1C(=O)C(CC)CN. The molecule has 0 fully saturated rings. The fourth-order valence-corrected chi connectivity index (χ4v) is 1.80. The molecule has 96 valence electrons. The summed E-state index contributed by atoms with van der Waals surface area (Å²) in [6.45, 7) is 5.08. The van der Waals surface area contributed by atoms with Gasteiger partial charge in [-0.15, -0.1) is 0 Å². The molecule has 0 aliphatic rings. The van der Waals surface area contributed by atoms with Crippen molar-refractivity contribution in [3.8, 4) is 5.75 Å². The topological polar surface area (TPSA) is 70.1 Å². The van der Waals surface area contributed by atoms with Crippen molar-refractivity contribution in [3.63, 3.8) is 0 Å². The van der Waals surface area contributed by atoms with Crippen molar-refractivity contribution in [2.45, 2.75) is 33.2 Å². The van der Waals surface area contributed by atoms with Crippen LogP contribution in [0.5, 0.6) is 5.75 Å². The van der Waals surface area contributed by atoms with E-state index in [2.05, 4.69) is 5.10 Å². The van der Waals surface area contributed by atoms with Crippen LogP contribution in [0.1, 0.15) is 37.2 Å². The fourth-order valence-electron chi connectivity index (χ4n) is 1.80. The van der Waals surface area contributed by atoms with Crippen LogP contribution < -0.4 is 10.5 Å². The summed E-state index contributed by atoms with van der Waals surface area (Å²) in [5.74, 6) is 0.407. The predicted molar refractivity (Wildman–Crippen MR) is 66.2 cm³/mol. The molecular formula is C12H21N3O2. The van der Waals surface area contributed by atoms with Gasteiger partial charge < -0.3 is 10.5 Å². The Morgan fingerprint density at radius 1 is 1.59 bits per heavy atom. The lowest BCUT2D eigenvalue weighted by atomic mass is 9.98. The molecule has 1 heterocycles. The molecule has 1 aromatic heterocycles. The summed E-state index contributed by atoms with van der Waals surface area (Å²) in [6, 6.07) is 0. The van der Waals surface area contributed by atoms with E-state index < -0.39 is 0 Å². The quantitative estimate of drug-likeness (QED) is 0.731. The number of ketones is 1. The Kier molecular flexibility index (Phi) is 5.15. The number of carbonyl (C=O) groups is 1. The standard InChI is InChI=1S/C12H21N3O2/c1-4-6-15-11(10(17-3)8-14-15)12(16)9(5-2)7-13/h8-9H,4-7,13H2,1-3H3. The number of hydrogen-bond acceptors (Lipinski definition) is 4. The maximum Gasteiger partial charge on any atom is 0.188 e. The molecule has 1 unspecified atom stereocenters. The minimum absolute atomic E-state index is 0.0257. The van der Waals surface area contributed by atoms with Gasteiger partial charge in [0.1, 0.15) is 5.69 Å². The van der Waals surface area contributed by atoms with Gasteiger partial charge in [-0.2, -0.15) is 5.10 Å². The van der Waals surface area contributed by atoms with Gasteiger partial charge in [0.2, 0.25) is 0 Å². The van der Waals surface area contributed by atoms with Crippen molar-refractivity contribution < 1.29 is 9.53 Å². The molecule has 1 rings (SSSR count). The van der Waals surface area contributed by atoms with E-state index in [0.29, 0.717) is 24.5 Å². The molecular weight excluding hydrogens is 218 g/mol. The van der Waals surface area contributed by atoms with Crippen molar-refractivity contribution in [2.24, 2.45) is 11.7 Å². The van der Waals surface area contributed by atoms with Crippen molar-refractivity contribution in [3.05, 3.63) is 11.9 Å². The molecule has 2 N–H and O–H groups in total. The van der Waals surface area contributed by atoms with Gasteiger partial charge in [0.15, 0.2) is 11.5 Å². The van der Waals surface area contributed by atoms with Crippen molar-refractivity contribution in [1.82, 2.24) is 9.78 Å². The van der Waals surface area contributed by atoms with Gasteiger partial charge in [0.05, 0.1) is 13.3 Å². The highest BCUT2D eigenvalue weighted by Gasteiger charge is 2.24. The van der Waals surface area contributed by atoms with Crippen LogP contribution in [0, 0.1) is 5.92 Å². The Bertz CT molecular complexity index is 370. The summed E-state index contributed by atoms with van der Waals surface area (Å²) in [4.78, 5) is 12.3. The monoisotopic (exact) mass is 239 g/mol. The van der Waals surface area contributed by atoms with E-state index in [1.54, 1.807) is 18.0 Å². The molecule has 1 atom stereocenters. The third kappa shape index (κ3) is 2.85. The first-order valence-electron chi connectivity index (χ1n) is 6.03. The number of carbonyl (C=O) groups excluding carboxylic acids is 1. The van der Waals surface area contributed by atoms with Gasteiger partial charge >= 0.3 is 0 Å². The van der Waals surface area contributed by atoms with E-state index in [-0.39, 0.29) is 11.7 Å². The number of Topliss-reactive ketones (excluding diaryl/α,β-unsaturated/α-hetero) is 1. The van der Waals surface area contributed by atoms with Crippen LogP contribution in [0.15, 0.2) is 6.20 Å². The first-order valence-corrected chi connectivity index (χ1v) is 6.03. The summed E-state index contributed by atoms with van der Waals surface area (Å²) in [5.41, 5.74) is 6.16. The predicted octanol–water partition coefficient (Wildman–Crippen LogP) is 1.47. The highest BCUT2D eigenvalue weighted by atomic mass is 16.5. The van der Waals surface area contributed by atoms with E-state index in [4.69, 9.17) is 10.5 Å². The molecule has 17 heavy (non-hydrogen) atoms. The molecule has 0 radical (unpaired) electrons. The first-order chi connectivity index (χ1) is 8.19. The fraction of sp³-hybridized carbons (Fsp3) is 0.667. The molecule has 0 aliphatic heterocycles. The first kappa shape index (κ1) is 13.7. The smallest absolute Gasteiger partial charge is 0.188 e. The zero-order valence-electron chi connectivity index (χ0n) is 10.8. The molecule has 0 saturated heterocycles. The average Bonchev–Trinajstić information content (AvgIpc) is 2.74. The average molecular weight is 239 g/mol. The molecule has 0 aliphatic carbocycles. The van der Waals surface area contributed by atoms with Gasteiger partial charge in [-0.3, -0.25) is 9.48 Å². The third-order valence-electron chi connectivity index (χ3n) is 2.84. The van der Waals surface area contributed by atoms with E-state index in [0.717, 1.165) is 12.8 Å². The highest BCUT2D eigenvalue weighted by Crippen LogP contribution is 2.22. The Hall–Kier alpha value is -1.36. The lowest BCUT2D eigenvalue weighted by Gasteiger charge is -2.13. The lowest BCUT2D eigenvalue weighted by molar-refractivity contribution is 0.0906. The maximum absolute atomic E-state index is 12.3. The normalized spacial score (nSPS) is 12.5. The number of methoxy groups -OCH3 is 1. The minimum Gasteiger partial charge on any atom is -0.493 e. The van der Waals surface area contributed by atoms with E-state index in [1.807, 2.05) is 13.8 Å². The van der Waals surface area contributed by atoms with Gasteiger partial charge in [-0.05, 0) is 12.8 Å². The van der Waals surface area contributed by atoms with Crippen LogP contribution in [0.3, 0.4) is 0 Å². The van der Waals surface area contributed by atoms with Crippen LogP contribution in [0.4, 0.5) is 0 Å². The van der Waals surface area contributed by atoms with Gasteiger partial charge in [-0.25, -0.2) is 0 Å². The molecule has 5 nitrogen and oxygen atoms in total. The Balaban J connectivity index is 3.08. The second-order valence-corrected chi connectivity index (χ2v) is 3.99. The molecule has 0 saturated carbocycles. The van der Waals surface area contributed by atoms with Crippen LogP contribution in [0.2, 0.25) is 0 Å². The van der Waals surface area contributed by atoms with Crippen LogP contribution in [0.25, 0.3) is 0 Å². The van der Waals surface area contributed by atoms with E-state index in [1.165, 1.54) is 0 Å². The maximum atomic E-state index is 12.3. The second kappa shape index (κ2) is 6.39. The van der Waals surface area contributed by atoms with Gasteiger partial charge in [-0.1, -0.05) is 13.8 Å². The van der Waals surface area contributed by atoms with Crippen molar-refractivity contribution in [2.75, 3.05) is 13.7 Å². The number of nitrogens with two attached hydrogens (primary N) is 1. The molecule has 0 aromatic carbocycles. The Morgan fingerprint density at radius 3 is 2.76 bits per heavy atom. The van der Waals surface area contributed by atoms with E-state index in [9.17, 15) is 4.79 Å². The zero-order valence-corrected chi connectivity index (χ0v) is 10.8. The largest absolute Gasteiger partial charge is 0.493 e. The third-order valence-corrected chi connectivity index (χ3v) is 2.84. The summed E-state index contributed by atoms with van der Waals surface area (Å²) >= 11 is 0. The van der Waals surface area contributed by atoms with E-state index >= 15 is 0 Å². The number of nitrogens with zero attached hydrogens (tertiary/aromatic N) is 2. The van der Waals surface area contributed by atoms with Crippen LogP contribution in [-0.2, 0) is 6.54 Å². The Labute approximate surface area is 102 Å². The second-order valence-electron chi connectivity index (χ2n) is 3.99. The number of rotatable bonds is 7. The number of aryl methyl sites for hydroxylation is 1. The zero-order chi connectivity index (χ0) is 12.8. The van der Waals surface area contributed by atoms with Gasteiger partial charge in [0, 0.05) is 19.0 Å². The summed E-state index contributed by atoms with van der Waals surface area (Å²) in [5, 5.41) is 4.18. The van der Waals surface area contributed by atoms with Crippen LogP contribution in [-0.4, -0.2) is 29.2 Å². The van der Waals surface area contributed by atoms with Gasteiger partial charge in [0.25, 0.3) is 0 Å². The number of ether oxygens (including phenoxy) is 1. The van der Waals surface area contributed by atoms with Crippen molar-refractivity contribution in [1.29, 1.82) is 0 Å². The summed E-state index contributed by atoms with van der Waals surface area (Å²) in [7, 11) is 1.55. The molecule has 0 spiro atoms. The van der Waals surface area contributed by atoms with Crippen molar-refractivity contribution >= 4 is 5.78 Å². The number of aromatic nitrogens is 2. The molecule has 0 amide bonds. The molecule has 5 heteroatoms.